The van der Waals surface area contributed by atoms with Gasteiger partial charge in [-0.3, -0.25) is 24.6 Å². The highest BCUT2D eigenvalue weighted by Gasteiger charge is 2.25. The van der Waals surface area contributed by atoms with Gasteiger partial charge in [0.25, 0.3) is 0 Å². The van der Waals surface area contributed by atoms with Gasteiger partial charge in [0.1, 0.15) is 12.4 Å². The van der Waals surface area contributed by atoms with Gasteiger partial charge in [-0.05, 0) is 17.7 Å². The highest BCUT2D eigenvalue weighted by Crippen LogP contribution is 2.13. The number of carbonyl (C=O) groups excluding carboxylic acids is 1. The van der Waals surface area contributed by atoms with Crippen LogP contribution < -0.4 is 5.32 Å². The van der Waals surface area contributed by atoms with Crippen LogP contribution in [-0.4, -0.2) is 69.6 Å². The minimum atomic E-state index is -0.481. The smallest absolute Gasteiger partial charge is 0.306 e. The number of carbonyl (C=O) groups is 1. The molecule has 29 heavy (non-hydrogen) atoms. The first kappa shape index (κ1) is 20.6. The first-order chi connectivity index (χ1) is 14.0. The fourth-order valence-corrected chi connectivity index (χ4v) is 3.18. The van der Waals surface area contributed by atoms with Crippen molar-refractivity contribution in [2.45, 2.75) is 13.1 Å². The molecule has 1 fully saturated rings. The molecule has 0 unspecified atom stereocenters. The summed E-state index contributed by atoms with van der Waals surface area (Å²) in [6, 6.07) is 7.47. The predicted octanol–water partition coefficient (Wildman–Crippen LogP) is 1.36. The zero-order chi connectivity index (χ0) is 20.8. The van der Waals surface area contributed by atoms with E-state index in [9.17, 15) is 14.9 Å². The molecule has 1 aromatic carbocycles. The molecule has 0 radical (unpaired) electrons. The standard InChI is InChI=1S/C18H22ClN7O3/c1-20-18(21-6-7-25-12-16(10-22-25)26(28)29)24-9-8-23(17(27)13-24)11-14-2-4-15(19)5-3-14/h2-5,10,12H,6-9,11,13H2,1H3,(H,20,21). The van der Waals surface area contributed by atoms with Crippen LogP contribution in [0.25, 0.3) is 0 Å². The first-order valence-corrected chi connectivity index (χ1v) is 9.48. The monoisotopic (exact) mass is 419 g/mol. The minimum absolute atomic E-state index is 0.0249. The zero-order valence-electron chi connectivity index (χ0n) is 16.0. The van der Waals surface area contributed by atoms with E-state index in [4.69, 9.17) is 11.6 Å². The number of amides is 1. The Morgan fingerprint density at radius 2 is 2.10 bits per heavy atom. The van der Waals surface area contributed by atoms with Gasteiger partial charge in [-0.25, -0.2) is 0 Å². The highest BCUT2D eigenvalue weighted by atomic mass is 35.5. The number of benzene rings is 1. The largest absolute Gasteiger partial charge is 0.354 e. The third kappa shape index (κ3) is 5.44. The molecule has 1 aromatic heterocycles. The number of halogens is 1. The molecule has 1 aliphatic heterocycles. The lowest BCUT2D eigenvalue weighted by molar-refractivity contribution is -0.385. The molecule has 0 aliphatic carbocycles. The van der Waals surface area contributed by atoms with Crippen molar-refractivity contribution in [3.05, 3.63) is 57.4 Å². The van der Waals surface area contributed by atoms with E-state index >= 15 is 0 Å². The number of aromatic nitrogens is 2. The van der Waals surface area contributed by atoms with Crippen molar-refractivity contribution in [2.75, 3.05) is 33.2 Å². The van der Waals surface area contributed by atoms with E-state index in [2.05, 4.69) is 15.4 Å². The molecule has 154 valence electrons. The molecule has 0 saturated carbocycles. The number of piperazine rings is 1. The van der Waals surface area contributed by atoms with Crippen molar-refractivity contribution in [3.8, 4) is 0 Å². The van der Waals surface area contributed by atoms with Gasteiger partial charge in [0.05, 0.1) is 18.0 Å². The van der Waals surface area contributed by atoms with Crippen molar-refractivity contribution in [3.63, 3.8) is 0 Å². The van der Waals surface area contributed by atoms with Crippen LogP contribution in [0.4, 0.5) is 5.69 Å². The van der Waals surface area contributed by atoms with E-state index in [0.717, 1.165) is 5.56 Å². The molecule has 2 aromatic rings. The van der Waals surface area contributed by atoms with Crippen molar-refractivity contribution in [1.29, 1.82) is 0 Å². The number of rotatable bonds is 6. The van der Waals surface area contributed by atoms with Crippen LogP contribution in [0.15, 0.2) is 41.7 Å². The summed E-state index contributed by atoms with van der Waals surface area (Å²) in [5.41, 5.74) is 0.990. The summed E-state index contributed by atoms with van der Waals surface area (Å²) in [4.78, 5) is 30.7. The summed E-state index contributed by atoms with van der Waals surface area (Å²) in [5, 5.41) is 18.5. The minimum Gasteiger partial charge on any atom is -0.354 e. The second-order valence-corrected chi connectivity index (χ2v) is 6.99. The molecule has 1 N–H and O–H groups in total. The van der Waals surface area contributed by atoms with Crippen LogP contribution in [0.3, 0.4) is 0 Å². The molecule has 0 bridgehead atoms. The van der Waals surface area contributed by atoms with Crippen molar-refractivity contribution < 1.29 is 9.72 Å². The van der Waals surface area contributed by atoms with Crippen LogP contribution in [0, 0.1) is 10.1 Å². The maximum atomic E-state index is 12.6. The van der Waals surface area contributed by atoms with Crippen LogP contribution in [-0.2, 0) is 17.9 Å². The molecule has 11 heteroatoms. The molecular weight excluding hydrogens is 398 g/mol. The Labute approximate surface area is 172 Å². The Kier molecular flexibility index (Phi) is 6.65. The second kappa shape index (κ2) is 9.37. The molecule has 1 amide bonds. The summed E-state index contributed by atoms with van der Waals surface area (Å²) < 4.78 is 1.49. The third-order valence-electron chi connectivity index (χ3n) is 4.57. The van der Waals surface area contributed by atoms with E-state index < -0.39 is 4.92 Å². The normalized spacial score (nSPS) is 15.0. The lowest BCUT2D eigenvalue weighted by Crippen LogP contribution is -2.55. The Bertz CT molecular complexity index is 897. The Morgan fingerprint density at radius 1 is 1.34 bits per heavy atom. The predicted molar refractivity (Wildman–Crippen MR) is 109 cm³/mol. The fourth-order valence-electron chi connectivity index (χ4n) is 3.05. The van der Waals surface area contributed by atoms with Gasteiger partial charge in [-0.1, -0.05) is 23.7 Å². The Balaban J connectivity index is 1.48. The van der Waals surface area contributed by atoms with Gasteiger partial charge in [0.15, 0.2) is 5.96 Å². The van der Waals surface area contributed by atoms with Gasteiger partial charge >= 0.3 is 5.69 Å². The van der Waals surface area contributed by atoms with Gasteiger partial charge in [-0.2, -0.15) is 5.10 Å². The molecule has 1 saturated heterocycles. The molecular formula is C18H22ClN7O3. The summed E-state index contributed by atoms with van der Waals surface area (Å²) in [6.45, 7) is 2.95. The molecule has 0 spiro atoms. The van der Waals surface area contributed by atoms with Gasteiger partial charge in [0.2, 0.25) is 5.91 Å². The van der Waals surface area contributed by atoms with Gasteiger partial charge in [0, 0.05) is 38.2 Å². The van der Waals surface area contributed by atoms with Crippen molar-refractivity contribution in [1.82, 2.24) is 24.9 Å². The lowest BCUT2D eigenvalue weighted by Gasteiger charge is -2.36. The summed E-state index contributed by atoms with van der Waals surface area (Å²) >= 11 is 5.91. The summed E-state index contributed by atoms with van der Waals surface area (Å²) in [7, 11) is 1.66. The van der Waals surface area contributed by atoms with E-state index in [1.54, 1.807) is 7.05 Å². The van der Waals surface area contributed by atoms with Crippen molar-refractivity contribution >= 4 is 29.2 Å². The third-order valence-corrected chi connectivity index (χ3v) is 4.82. The average Bonchev–Trinajstić information content (AvgIpc) is 3.18. The maximum absolute atomic E-state index is 12.6. The van der Waals surface area contributed by atoms with Gasteiger partial charge in [-0.15, -0.1) is 0 Å². The molecule has 2 heterocycles. The first-order valence-electron chi connectivity index (χ1n) is 9.11. The SMILES string of the molecule is CN=C(NCCn1cc([N+](=O)[O-])cn1)N1CCN(Cc2ccc(Cl)cc2)C(=O)C1. The summed E-state index contributed by atoms with van der Waals surface area (Å²) in [5.74, 6) is 0.642. The number of hydrogen-bond donors (Lipinski definition) is 1. The molecule has 0 atom stereocenters. The lowest BCUT2D eigenvalue weighted by atomic mass is 10.2. The maximum Gasteiger partial charge on any atom is 0.306 e. The number of nitrogens with zero attached hydrogens (tertiary/aromatic N) is 6. The van der Waals surface area contributed by atoms with E-state index in [-0.39, 0.29) is 18.1 Å². The number of nitro groups is 1. The van der Waals surface area contributed by atoms with E-state index in [0.29, 0.717) is 43.7 Å². The number of hydrogen-bond acceptors (Lipinski definition) is 5. The van der Waals surface area contributed by atoms with E-state index in [1.165, 1.54) is 17.1 Å². The number of nitrogens with one attached hydrogen (secondary N) is 1. The Morgan fingerprint density at radius 3 is 2.72 bits per heavy atom. The van der Waals surface area contributed by atoms with E-state index in [1.807, 2.05) is 34.1 Å². The Hall–Kier alpha value is -3.14. The van der Waals surface area contributed by atoms with Gasteiger partial charge < -0.3 is 15.1 Å². The number of guanidine groups is 1. The van der Waals surface area contributed by atoms with Crippen LogP contribution in [0.2, 0.25) is 5.02 Å². The fraction of sp³-hybridized carbons (Fsp3) is 0.389. The molecule has 1 aliphatic rings. The average molecular weight is 420 g/mol. The number of aliphatic imine (C=N–C) groups is 1. The summed E-state index contributed by atoms with van der Waals surface area (Å²) in [6.07, 6.45) is 2.59. The van der Waals surface area contributed by atoms with Crippen LogP contribution in [0.1, 0.15) is 5.56 Å². The second-order valence-electron chi connectivity index (χ2n) is 6.56. The van der Waals surface area contributed by atoms with Crippen LogP contribution in [0.5, 0.6) is 0 Å². The van der Waals surface area contributed by atoms with Crippen molar-refractivity contribution in [2.24, 2.45) is 4.99 Å². The highest BCUT2D eigenvalue weighted by molar-refractivity contribution is 6.30. The van der Waals surface area contributed by atoms with Crippen LogP contribution >= 0.6 is 11.6 Å². The zero-order valence-corrected chi connectivity index (χ0v) is 16.7. The quantitative estimate of drug-likeness (QED) is 0.328. The molecule has 10 nitrogen and oxygen atoms in total. The topological polar surface area (TPSA) is 109 Å². The molecule has 3 rings (SSSR count).